The van der Waals surface area contributed by atoms with Gasteiger partial charge in [0.2, 0.25) is 0 Å². The van der Waals surface area contributed by atoms with E-state index in [1.807, 2.05) is 43.3 Å². The third kappa shape index (κ3) is 4.76. The Labute approximate surface area is 156 Å². The Hall–Kier alpha value is -2.07. The zero-order valence-corrected chi connectivity index (χ0v) is 16.6. The van der Waals surface area contributed by atoms with Crippen LogP contribution in [0.5, 0.6) is 5.75 Å². The average Bonchev–Trinajstić information content (AvgIpc) is 2.62. The summed E-state index contributed by atoms with van der Waals surface area (Å²) in [5.41, 5.74) is -0.0774. The van der Waals surface area contributed by atoms with Crippen LogP contribution in [0.15, 0.2) is 36.4 Å². The van der Waals surface area contributed by atoms with Crippen LogP contribution in [0, 0.1) is 5.92 Å². The molecule has 2 aromatic carbocycles. The number of methoxy groups -OCH3 is 1. The Morgan fingerprint density at radius 3 is 2.46 bits per heavy atom. The number of carbonyl (C=O) groups is 1. The number of amides is 1. The fraction of sp³-hybridized carbons (Fsp3) is 0.500. The molecule has 26 heavy (non-hydrogen) atoms. The highest BCUT2D eigenvalue weighted by molar-refractivity contribution is 6.06. The predicted molar refractivity (Wildman–Crippen MR) is 108 cm³/mol. The van der Waals surface area contributed by atoms with E-state index in [-0.39, 0.29) is 5.91 Å². The molecule has 0 radical (unpaired) electrons. The smallest absolute Gasteiger partial charge is 0.256 e. The monoisotopic (exact) mass is 357 g/mol. The van der Waals surface area contributed by atoms with Crippen molar-refractivity contribution in [2.75, 3.05) is 19.0 Å². The Morgan fingerprint density at radius 1 is 1.15 bits per heavy atom. The molecule has 0 fully saturated rings. The Morgan fingerprint density at radius 2 is 1.85 bits per heavy atom. The lowest BCUT2D eigenvalue weighted by Gasteiger charge is -2.28. The molecule has 4 nitrogen and oxygen atoms in total. The van der Waals surface area contributed by atoms with Crippen molar-refractivity contribution >= 4 is 22.4 Å². The second-order valence-electron chi connectivity index (χ2n) is 7.35. The fourth-order valence-corrected chi connectivity index (χ4v) is 3.14. The number of carbonyl (C=O) groups excluding carboxylic acids is 1. The first-order valence-electron chi connectivity index (χ1n) is 9.42. The van der Waals surface area contributed by atoms with Crippen molar-refractivity contribution in [2.24, 2.45) is 5.92 Å². The van der Waals surface area contributed by atoms with Gasteiger partial charge in [-0.3, -0.25) is 4.79 Å². The van der Waals surface area contributed by atoms with Gasteiger partial charge in [-0.25, -0.2) is 0 Å². The van der Waals surface area contributed by atoms with Crippen molar-refractivity contribution in [1.82, 2.24) is 0 Å². The number of hydrogen-bond donors (Lipinski definition) is 1. The van der Waals surface area contributed by atoms with E-state index in [2.05, 4.69) is 26.1 Å². The third-order valence-corrected chi connectivity index (χ3v) is 4.62. The van der Waals surface area contributed by atoms with Crippen molar-refractivity contribution < 1.29 is 14.3 Å². The Kier molecular flexibility index (Phi) is 7.04. The molecule has 4 heteroatoms. The quantitative estimate of drug-likeness (QED) is 0.611. The van der Waals surface area contributed by atoms with E-state index in [0.717, 1.165) is 35.1 Å². The van der Waals surface area contributed by atoms with Crippen LogP contribution < -0.4 is 10.1 Å². The molecule has 0 spiro atoms. The summed E-state index contributed by atoms with van der Waals surface area (Å²) in [6, 6.07) is 11.8. The standard InChI is InChI=1S/C22H31NO3/c1-6-7-14-26-20-13-12-19(17-10-8-9-11-18(17)20)23-21(24)22(4,25-5)15-16(2)3/h8-13,16H,6-7,14-15H2,1-5H3,(H,23,24)/t22-/m1/s1. The highest BCUT2D eigenvalue weighted by Crippen LogP contribution is 2.33. The van der Waals surface area contributed by atoms with Crippen LogP contribution in [0.1, 0.15) is 47.0 Å². The highest BCUT2D eigenvalue weighted by Gasteiger charge is 2.34. The molecular formula is C22H31NO3. The van der Waals surface area contributed by atoms with Crippen LogP contribution in [0.2, 0.25) is 0 Å². The van der Waals surface area contributed by atoms with E-state index in [0.29, 0.717) is 18.9 Å². The van der Waals surface area contributed by atoms with Gasteiger partial charge in [-0.2, -0.15) is 0 Å². The summed E-state index contributed by atoms with van der Waals surface area (Å²) >= 11 is 0. The summed E-state index contributed by atoms with van der Waals surface area (Å²) in [5.74, 6) is 1.08. The lowest BCUT2D eigenvalue weighted by Crippen LogP contribution is -2.43. The third-order valence-electron chi connectivity index (χ3n) is 4.62. The van der Waals surface area contributed by atoms with Gasteiger partial charge in [0.25, 0.3) is 5.91 Å². The van der Waals surface area contributed by atoms with Gasteiger partial charge in [0, 0.05) is 23.6 Å². The lowest BCUT2D eigenvalue weighted by atomic mass is 9.93. The number of ether oxygens (including phenoxy) is 2. The number of fused-ring (bicyclic) bond motifs is 1. The van der Waals surface area contributed by atoms with Crippen LogP contribution in [0.3, 0.4) is 0 Å². The molecule has 0 saturated heterocycles. The number of unbranched alkanes of at least 4 members (excludes halogenated alkanes) is 1. The van der Waals surface area contributed by atoms with E-state index in [1.165, 1.54) is 0 Å². The van der Waals surface area contributed by atoms with Gasteiger partial charge in [-0.1, -0.05) is 51.5 Å². The fourth-order valence-electron chi connectivity index (χ4n) is 3.14. The number of rotatable bonds is 9. The molecule has 0 aliphatic rings. The van der Waals surface area contributed by atoms with Gasteiger partial charge in [-0.15, -0.1) is 0 Å². The molecule has 2 rings (SSSR count). The molecule has 1 amide bonds. The number of hydrogen-bond acceptors (Lipinski definition) is 3. The largest absolute Gasteiger partial charge is 0.493 e. The highest BCUT2D eigenvalue weighted by atomic mass is 16.5. The molecule has 142 valence electrons. The maximum absolute atomic E-state index is 12.9. The second-order valence-corrected chi connectivity index (χ2v) is 7.35. The van der Waals surface area contributed by atoms with Crippen molar-refractivity contribution in [3.05, 3.63) is 36.4 Å². The second kappa shape index (κ2) is 9.04. The van der Waals surface area contributed by atoms with E-state index in [9.17, 15) is 4.79 Å². The Bertz CT molecular complexity index is 741. The molecule has 0 aromatic heterocycles. The van der Waals surface area contributed by atoms with Crippen LogP contribution in [0.25, 0.3) is 10.8 Å². The van der Waals surface area contributed by atoms with E-state index >= 15 is 0 Å². The number of nitrogens with one attached hydrogen (secondary N) is 1. The normalized spacial score (nSPS) is 13.6. The summed E-state index contributed by atoms with van der Waals surface area (Å²) in [6.45, 7) is 8.85. The first-order valence-corrected chi connectivity index (χ1v) is 9.42. The minimum Gasteiger partial charge on any atom is -0.493 e. The first kappa shape index (κ1) is 20.2. The average molecular weight is 357 g/mol. The molecule has 0 saturated carbocycles. The van der Waals surface area contributed by atoms with E-state index < -0.39 is 5.60 Å². The number of anilines is 1. The molecular weight excluding hydrogens is 326 g/mol. The van der Waals surface area contributed by atoms with Crippen molar-refractivity contribution in [2.45, 2.75) is 52.6 Å². The molecule has 0 heterocycles. The molecule has 0 unspecified atom stereocenters. The maximum atomic E-state index is 12.9. The van der Waals surface area contributed by atoms with E-state index in [1.54, 1.807) is 7.11 Å². The topological polar surface area (TPSA) is 47.6 Å². The summed E-state index contributed by atoms with van der Waals surface area (Å²) in [4.78, 5) is 12.9. The van der Waals surface area contributed by atoms with Gasteiger partial charge in [0.05, 0.1) is 6.61 Å². The maximum Gasteiger partial charge on any atom is 0.256 e. The van der Waals surface area contributed by atoms with Gasteiger partial charge in [0.15, 0.2) is 0 Å². The van der Waals surface area contributed by atoms with Gasteiger partial charge >= 0.3 is 0 Å². The molecule has 0 aliphatic carbocycles. The predicted octanol–water partition coefficient (Wildman–Crippen LogP) is 5.41. The van der Waals surface area contributed by atoms with Crippen molar-refractivity contribution in [1.29, 1.82) is 0 Å². The van der Waals surface area contributed by atoms with Crippen molar-refractivity contribution in [3.63, 3.8) is 0 Å². The lowest BCUT2D eigenvalue weighted by molar-refractivity contribution is -0.137. The molecule has 0 bridgehead atoms. The zero-order valence-electron chi connectivity index (χ0n) is 16.6. The van der Waals surface area contributed by atoms with Gasteiger partial charge < -0.3 is 14.8 Å². The molecule has 1 atom stereocenters. The van der Waals surface area contributed by atoms with Gasteiger partial charge in [-0.05, 0) is 37.8 Å². The minimum atomic E-state index is -0.856. The molecule has 1 N–H and O–H groups in total. The van der Waals surface area contributed by atoms with Gasteiger partial charge in [0.1, 0.15) is 11.4 Å². The van der Waals surface area contributed by atoms with Crippen LogP contribution in [0.4, 0.5) is 5.69 Å². The van der Waals surface area contributed by atoms with Crippen molar-refractivity contribution in [3.8, 4) is 5.75 Å². The van der Waals surface area contributed by atoms with Crippen LogP contribution >= 0.6 is 0 Å². The first-order chi connectivity index (χ1) is 12.4. The SMILES string of the molecule is CCCCOc1ccc(NC(=O)[C@@](C)(CC(C)C)OC)c2ccccc12. The van der Waals surface area contributed by atoms with Crippen LogP contribution in [-0.2, 0) is 9.53 Å². The summed E-state index contributed by atoms with van der Waals surface area (Å²) in [5, 5.41) is 5.03. The summed E-state index contributed by atoms with van der Waals surface area (Å²) in [6.07, 6.45) is 2.78. The summed E-state index contributed by atoms with van der Waals surface area (Å²) < 4.78 is 11.5. The molecule has 2 aromatic rings. The van der Waals surface area contributed by atoms with Crippen LogP contribution in [-0.4, -0.2) is 25.2 Å². The Balaban J connectivity index is 2.30. The zero-order chi connectivity index (χ0) is 19.2. The number of benzene rings is 2. The minimum absolute atomic E-state index is 0.126. The van der Waals surface area contributed by atoms with E-state index in [4.69, 9.17) is 9.47 Å². The molecule has 0 aliphatic heterocycles. The summed E-state index contributed by atoms with van der Waals surface area (Å²) in [7, 11) is 1.59.